The van der Waals surface area contributed by atoms with Crippen LogP contribution < -0.4 is 5.73 Å². The van der Waals surface area contributed by atoms with Crippen LogP contribution in [-0.4, -0.2) is 15.2 Å². The van der Waals surface area contributed by atoms with E-state index in [0.29, 0.717) is 17.4 Å². The van der Waals surface area contributed by atoms with E-state index in [9.17, 15) is 13.2 Å². The van der Waals surface area contributed by atoms with Gasteiger partial charge in [0.15, 0.2) is 11.5 Å². The van der Waals surface area contributed by atoms with E-state index in [1.807, 2.05) is 0 Å². The van der Waals surface area contributed by atoms with Crippen LogP contribution in [0, 0.1) is 6.92 Å². The van der Waals surface area contributed by atoms with E-state index < -0.39 is 11.9 Å². The molecule has 1 heterocycles. The number of nitrogens with two attached hydrogens (primary N) is 1. The number of aryl methyl sites for hydroxylation is 1. The van der Waals surface area contributed by atoms with Crippen LogP contribution in [0.2, 0.25) is 0 Å². The van der Waals surface area contributed by atoms with Crippen molar-refractivity contribution in [3.05, 3.63) is 35.7 Å². The first-order valence-corrected chi connectivity index (χ1v) is 5.01. The first-order valence-electron chi connectivity index (χ1n) is 5.01. The second-order valence-electron chi connectivity index (χ2n) is 3.74. The summed E-state index contributed by atoms with van der Waals surface area (Å²) < 4.78 is 37.5. The number of aromatic nitrogens is 3. The van der Waals surface area contributed by atoms with Gasteiger partial charge in [-0.25, -0.2) is 4.98 Å². The molecule has 1 aromatic carbocycles. The van der Waals surface area contributed by atoms with E-state index in [0.717, 1.165) is 5.56 Å². The normalized spacial score (nSPS) is 11.6. The van der Waals surface area contributed by atoms with Crippen LogP contribution in [0.4, 0.5) is 18.9 Å². The van der Waals surface area contributed by atoms with Gasteiger partial charge in [0.05, 0.1) is 6.20 Å². The predicted molar refractivity (Wildman–Crippen MR) is 59.4 cm³/mol. The summed E-state index contributed by atoms with van der Waals surface area (Å²) in [5, 5.41) is 6.93. The molecule has 0 spiro atoms. The summed E-state index contributed by atoms with van der Waals surface area (Å²) in [5.74, 6) is -0.0883. The minimum absolute atomic E-state index is 0.0883. The van der Waals surface area contributed by atoms with Crippen molar-refractivity contribution >= 4 is 5.69 Å². The SMILES string of the molecule is Cc1ccc(N)cc1-c1nncc(C(F)(F)F)n1. The molecule has 0 aliphatic carbocycles. The van der Waals surface area contributed by atoms with Gasteiger partial charge in [-0.15, -0.1) is 5.10 Å². The molecule has 0 amide bonds. The summed E-state index contributed by atoms with van der Waals surface area (Å²) in [4.78, 5) is 3.46. The van der Waals surface area contributed by atoms with Gasteiger partial charge >= 0.3 is 6.18 Å². The van der Waals surface area contributed by atoms with Gasteiger partial charge < -0.3 is 5.73 Å². The molecule has 0 radical (unpaired) electrons. The van der Waals surface area contributed by atoms with Gasteiger partial charge in [0.25, 0.3) is 0 Å². The lowest BCUT2D eigenvalue weighted by molar-refractivity contribution is -0.141. The molecule has 0 atom stereocenters. The summed E-state index contributed by atoms with van der Waals surface area (Å²) in [7, 11) is 0. The monoisotopic (exact) mass is 254 g/mol. The van der Waals surface area contributed by atoms with Gasteiger partial charge in [0.2, 0.25) is 0 Å². The van der Waals surface area contributed by atoms with E-state index >= 15 is 0 Å². The molecule has 0 fully saturated rings. The van der Waals surface area contributed by atoms with Crippen LogP contribution in [0.1, 0.15) is 11.3 Å². The number of hydrogen-bond donors (Lipinski definition) is 1. The van der Waals surface area contributed by atoms with Gasteiger partial charge in [-0.1, -0.05) is 6.07 Å². The number of benzene rings is 1. The fraction of sp³-hybridized carbons (Fsp3) is 0.182. The average Bonchev–Trinajstić information content (AvgIpc) is 2.31. The van der Waals surface area contributed by atoms with E-state index in [2.05, 4.69) is 15.2 Å². The van der Waals surface area contributed by atoms with Crippen molar-refractivity contribution in [2.45, 2.75) is 13.1 Å². The zero-order valence-electron chi connectivity index (χ0n) is 9.36. The molecule has 1 aromatic heterocycles. The molecular formula is C11H9F3N4. The molecule has 2 aromatic rings. The third-order valence-electron chi connectivity index (χ3n) is 2.35. The average molecular weight is 254 g/mol. The highest BCUT2D eigenvalue weighted by molar-refractivity contribution is 5.64. The number of anilines is 1. The summed E-state index contributed by atoms with van der Waals surface area (Å²) in [5.41, 5.74) is 6.11. The Bertz CT molecular complexity index is 581. The minimum atomic E-state index is -4.54. The lowest BCUT2D eigenvalue weighted by Gasteiger charge is -2.08. The highest BCUT2D eigenvalue weighted by Crippen LogP contribution is 2.29. The molecule has 4 nitrogen and oxygen atoms in total. The van der Waals surface area contributed by atoms with E-state index in [-0.39, 0.29) is 5.82 Å². The summed E-state index contributed by atoms with van der Waals surface area (Å²) in [6.07, 6.45) is -3.95. The van der Waals surface area contributed by atoms with Gasteiger partial charge in [-0.3, -0.25) is 0 Å². The Morgan fingerprint density at radius 2 is 1.94 bits per heavy atom. The molecule has 0 saturated heterocycles. The zero-order valence-corrected chi connectivity index (χ0v) is 9.36. The van der Waals surface area contributed by atoms with Crippen LogP contribution in [0.25, 0.3) is 11.4 Å². The Morgan fingerprint density at radius 3 is 2.61 bits per heavy atom. The number of nitrogens with zero attached hydrogens (tertiary/aromatic N) is 3. The Kier molecular flexibility index (Phi) is 2.90. The molecule has 2 N–H and O–H groups in total. The third kappa shape index (κ3) is 2.39. The van der Waals surface area contributed by atoms with E-state index in [4.69, 9.17) is 5.73 Å². The first-order chi connectivity index (χ1) is 8.38. The van der Waals surface area contributed by atoms with Crippen molar-refractivity contribution in [1.29, 1.82) is 0 Å². The number of alkyl halides is 3. The molecule has 18 heavy (non-hydrogen) atoms. The van der Waals surface area contributed by atoms with Crippen molar-refractivity contribution < 1.29 is 13.2 Å². The van der Waals surface area contributed by atoms with Crippen LogP contribution in [0.3, 0.4) is 0 Å². The summed E-state index contributed by atoms with van der Waals surface area (Å²) >= 11 is 0. The number of nitrogen functional groups attached to an aromatic ring is 1. The molecule has 0 bridgehead atoms. The highest BCUT2D eigenvalue weighted by Gasteiger charge is 2.33. The zero-order chi connectivity index (χ0) is 13.3. The molecule has 0 saturated carbocycles. The molecular weight excluding hydrogens is 245 g/mol. The summed E-state index contributed by atoms with van der Waals surface area (Å²) in [6.45, 7) is 1.73. The molecule has 2 rings (SSSR count). The largest absolute Gasteiger partial charge is 0.435 e. The van der Waals surface area contributed by atoms with Crippen LogP contribution in [0.15, 0.2) is 24.4 Å². The van der Waals surface area contributed by atoms with Gasteiger partial charge in [-0.05, 0) is 24.6 Å². The Labute approximate surface area is 101 Å². The van der Waals surface area contributed by atoms with Crippen molar-refractivity contribution in [3.63, 3.8) is 0 Å². The Balaban J connectivity index is 2.55. The number of hydrogen-bond acceptors (Lipinski definition) is 4. The smallest absolute Gasteiger partial charge is 0.399 e. The van der Waals surface area contributed by atoms with Gasteiger partial charge in [0.1, 0.15) is 0 Å². The van der Waals surface area contributed by atoms with Crippen LogP contribution >= 0.6 is 0 Å². The van der Waals surface area contributed by atoms with Crippen molar-refractivity contribution in [1.82, 2.24) is 15.2 Å². The highest BCUT2D eigenvalue weighted by atomic mass is 19.4. The molecule has 0 unspecified atom stereocenters. The van der Waals surface area contributed by atoms with Crippen molar-refractivity contribution in [2.24, 2.45) is 0 Å². The third-order valence-corrected chi connectivity index (χ3v) is 2.35. The van der Waals surface area contributed by atoms with Crippen molar-refractivity contribution in [3.8, 4) is 11.4 Å². The van der Waals surface area contributed by atoms with E-state index in [1.165, 1.54) is 6.07 Å². The predicted octanol–water partition coefficient (Wildman–Crippen LogP) is 2.45. The summed E-state index contributed by atoms with van der Waals surface area (Å²) in [6, 6.07) is 4.86. The maximum absolute atomic E-state index is 12.5. The number of halogens is 3. The number of rotatable bonds is 1. The van der Waals surface area contributed by atoms with Crippen LogP contribution in [-0.2, 0) is 6.18 Å². The first kappa shape index (κ1) is 12.3. The standard InChI is InChI=1S/C11H9F3N4/c1-6-2-3-7(15)4-8(6)10-17-9(5-16-18-10)11(12,13)14/h2-5H,15H2,1H3. The lowest BCUT2D eigenvalue weighted by atomic mass is 10.1. The Morgan fingerprint density at radius 1 is 1.22 bits per heavy atom. The maximum atomic E-state index is 12.5. The second-order valence-corrected chi connectivity index (χ2v) is 3.74. The van der Waals surface area contributed by atoms with Gasteiger partial charge in [-0.2, -0.15) is 18.3 Å². The molecule has 0 aliphatic heterocycles. The molecule has 0 aliphatic rings. The van der Waals surface area contributed by atoms with E-state index in [1.54, 1.807) is 19.1 Å². The fourth-order valence-corrected chi connectivity index (χ4v) is 1.43. The maximum Gasteiger partial charge on any atom is 0.435 e. The Hall–Kier alpha value is -2.18. The quantitative estimate of drug-likeness (QED) is 0.794. The van der Waals surface area contributed by atoms with Crippen molar-refractivity contribution in [2.75, 3.05) is 5.73 Å². The fourth-order valence-electron chi connectivity index (χ4n) is 1.43. The minimum Gasteiger partial charge on any atom is -0.399 e. The topological polar surface area (TPSA) is 64.7 Å². The van der Waals surface area contributed by atoms with Crippen LogP contribution in [0.5, 0.6) is 0 Å². The lowest BCUT2D eigenvalue weighted by Crippen LogP contribution is -2.10. The second kappa shape index (κ2) is 4.25. The molecule has 7 heteroatoms. The molecule has 94 valence electrons. The van der Waals surface area contributed by atoms with Gasteiger partial charge in [0, 0.05) is 11.3 Å².